The van der Waals surface area contributed by atoms with E-state index in [4.69, 9.17) is 23.2 Å². The molecular formula is C13H13Cl2N3O2. The molecule has 0 saturated carbocycles. The summed E-state index contributed by atoms with van der Waals surface area (Å²) in [6.07, 6.45) is 0.451. The Labute approximate surface area is 125 Å². The topological polar surface area (TPSA) is 78.0 Å². The maximum absolute atomic E-state index is 11.9. The number of H-pyrrole nitrogens is 1. The summed E-state index contributed by atoms with van der Waals surface area (Å²) in [7, 11) is 0. The minimum atomic E-state index is -0.979. The van der Waals surface area contributed by atoms with Gasteiger partial charge >= 0.3 is 0 Å². The number of amides is 1. The van der Waals surface area contributed by atoms with Crippen molar-refractivity contribution in [3.8, 4) is 0 Å². The Morgan fingerprint density at radius 3 is 2.65 bits per heavy atom. The van der Waals surface area contributed by atoms with Gasteiger partial charge < -0.3 is 10.4 Å². The molecule has 0 aliphatic heterocycles. The van der Waals surface area contributed by atoms with Gasteiger partial charge in [0.05, 0.1) is 17.9 Å². The third-order valence-electron chi connectivity index (χ3n) is 2.86. The Balaban J connectivity index is 2.04. The Morgan fingerprint density at radius 1 is 1.45 bits per heavy atom. The lowest BCUT2D eigenvalue weighted by molar-refractivity contribution is 0.0916. The van der Waals surface area contributed by atoms with Crippen LogP contribution in [0.1, 0.15) is 27.7 Å². The lowest BCUT2D eigenvalue weighted by Gasteiger charge is -2.15. The van der Waals surface area contributed by atoms with Gasteiger partial charge in [0.25, 0.3) is 5.91 Å². The average Bonchev–Trinajstić information content (AvgIpc) is 2.82. The zero-order valence-electron chi connectivity index (χ0n) is 10.7. The van der Waals surface area contributed by atoms with E-state index in [-0.39, 0.29) is 12.5 Å². The lowest BCUT2D eigenvalue weighted by atomic mass is 10.1. The van der Waals surface area contributed by atoms with Gasteiger partial charge in [0.15, 0.2) is 0 Å². The normalized spacial score (nSPS) is 12.2. The van der Waals surface area contributed by atoms with E-state index < -0.39 is 6.10 Å². The molecule has 0 spiro atoms. The monoisotopic (exact) mass is 313 g/mol. The van der Waals surface area contributed by atoms with Gasteiger partial charge in [-0.1, -0.05) is 29.3 Å². The number of carbonyl (C=O) groups is 1. The summed E-state index contributed by atoms with van der Waals surface area (Å²) in [4.78, 5) is 11.9. The van der Waals surface area contributed by atoms with Gasteiger partial charge in [0, 0.05) is 27.8 Å². The third kappa shape index (κ3) is 3.12. The first kappa shape index (κ1) is 14.8. The first-order valence-electron chi connectivity index (χ1n) is 5.91. The molecule has 1 atom stereocenters. The van der Waals surface area contributed by atoms with E-state index in [1.54, 1.807) is 25.1 Å². The van der Waals surface area contributed by atoms with Crippen LogP contribution in [0.15, 0.2) is 24.4 Å². The molecule has 106 valence electrons. The van der Waals surface area contributed by atoms with Crippen LogP contribution >= 0.6 is 23.2 Å². The number of halogens is 2. The molecule has 2 rings (SSSR count). The summed E-state index contributed by atoms with van der Waals surface area (Å²) in [5.74, 6) is -0.321. The van der Waals surface area contributed by atoms with Crippen molar-refractivity contribution in [2.24, 2.45) is 0 Å². The number of hydrogen-bond donors (Lipinski definition) is 3. The number of hydrogen-bond acceptors (Lipinski definition) is 3. The van der Waals surface area contributed by atoms with Gasteiger partial charge in [0.2, 0.25) is 0 Å². The van der Waals surface area contributed by atoms with Crippen LogP contribution in [-0.2, 0) is 0 Å². The second kappa shape index (κ2) is 6.26. The number of aromatic nitrogens is 2. The second-order valence-electron chi connectivity index (χ2n) is 4.27. The van der Waals surface area contributed by atoms with Gasteiger partial charge in [0.1, 0.15) is 0 Å². The summed E-state index contributed by atoms with van der Waals surface area (Å²) < 4.78 is 0. The van der Waals surface area contributed by atoms with E-state index in [0.717, 1.165) is 0 Å². The number of aliphatic hydroxyl groups excluding tert-OH is 1. The van der Waals surface area contributed by atoms with Crippen LogP contribution in [0.4, 0.5) is 0 Å². The van der Waals surface area contributed by atoms with E-state index in [2.05, 4.69) is 15.5 Å². The van der Waals surface area contributed by atoms with Crippen LogP contribution in [-0.4, -0.2) is 27.8 Å². The molecule has 0 fully saturated rings. The van der Waals surface area contributed by atoms with E-state index in [0.29, 0.717) is 26.9 Å². The van der Waals surface area contributed by atoms with Gasteiger partial charge in [-0.15, -0.1) is 0 Å². The van der Waals surface area contributed by atoms with Crippen molar-refractivity contribution in [3.05, 3.63) is 51.3 Å². The molecule has 5 nitrogen and oxygen atoms in total. The Morgan fingerprint density at radius 2 is 2.10 bits per heavy atom. The maximum atomic E-state index is 11.9. The van der Waals surface area contributed by atoms with E-state index in [1.807, 2.05) is 0 Å². The standard InChI is InChI=1S/C13H13Cl2N3O2/c1-7-8(5-17-18-7)13(20)16-6-11(19)12-9(14)3-2-4-10(12)15/h2-5,11,19H,6H2,1H3,(H,16,20)(H,17,18)/t11-/m0/s1. The molecule has 0 saturated heterocycles. The number of aryl methyl sites for hydroxylation is 1. The van der Waals surface area contributed by atoms with E-state index in [1.165, 1.54) is 6.20 Å². The molecule has 1 amide bonds. The van der Waals surface area contributed by atoms with E-state index in [9.17, 15) is 9.90 Å². The molecule has 7 heteroatoms. The average molecular weight is 314 g/mol. The molecule has 0 aliphatic carbocycles. The van der Waals surface area contributed by atoms with Crippen molar-refractivity contribution in [3.63, 3.8) is 0 Å². The first-order chi connectivity index (χ1) is 9.50. The zero-order valence-corrected chi connectivity index (χ0v) is 12.2. The summed E-state index contributed by atoms with van der Waals surface area (Å²) in [6.45, 7) is 1.75. The van der Waals surface area contributed by atoms with Crippen molar-refractivity contribution in [1.29, 1.82) is 0 Å². The predicted molar refractivity (Wildman–Crippen MR) is 77.1 cm³/mol. The minimum absolute atomic E-state index is 0.00685. The van der Waals surface area contributed by atoms with Crippen molar-refractivity contribution < 1.29 is 9.90 Å². The smallest absolute Gasteiger partial charge is 0.254 e. The summed E-state index contributed by atoms with van der Waals surface area (Å²) in [6, 6.07) is 4.95. The summed E-state index contributed by atoms with van der Waals surface area (Å²) in [5.41, 5.74) is 1.50. The molecule has 1 aromatic heterocycles. The van der Waals surface area contributed by atoms with Crippen molar-refractivity contribution in [1.82, 2.24) is 15.5 Å². The fourth-order valence-electron chi connectivity index (χ4n) is 1.80. The van der Waals surface area contributed by atoms with Crippen LogP contribution in [0.3, 0.4) is 0 Å². The predicted octanol–water partition coefficient (Wildman–Crippen LogP) is 2.49. The SMILES string of the molecule is Cc1[nH]ncc1C(=O)NC[C@H](O)c1c(Cl)cccc1Cl. The van der Waals surface area contributed by atoms with Gasteiger partial charge in [-0.25, -0.2) is 0 Å². The van der Waals surface area contributed by atoms with Gasteiger partial charge in [-0.05, 0) is 19.1 Å². The fraction of sp³-hybridized carbons (Fsp3) is 0.231. The number of aromatic amines is 1. The molecule has 1 aromatic carbocycles. The highest BCUT2D eigenvalue weighted by molar-refractivity contribution is 6.36. The van der Waals surface area contributed by atoms with Crippen molar-refractivity contribution in [2.45, 2.75) is 13.0 Å². The molecule has 1 heterocycles. The van der Waals surface area contributed by atoms with Crippen molar-refractivity contribution >= 4 is 29.1 Å². The van der Waals surface area contributed by atoms with Crippen LogP contribution in [0.2, 0.25) is 10.0 Å². The molecule has 3 N–H and O–H groups in total. The number of rotatable bonds is 4. The third-order valence-corrected chi connectivity index (χ3v) is 3.52. The Bertz CT molecular complexity index is 608. The Hall–Kier alpha value is -1.56. The number of nitrogens with one attached hydrogen (secondary N) is 2. The van der Waals surface area contributed by atoms with Gasteiger partial charge in [-0.3, -0.25) is 9.89 Å². The molecule has 0 radical (unpaired) electrons. The quantitative estimate of drug-likeness (QED) is 0.811. The maximum Gasteiger partial charge on any atom is 0.254 e. The van der Waals surface area contributed by atoms with E-state index >= 15 is 0 Å². The minimum Gasteiger partial charge on any atom is -0.386 e. The van der Waals surface area contributed by atoms with Crippen LogP contribution in [0.25, 0.3) is 0 Å². The molecule has 0 unspecified atom stereocenters. The molecule has 0 aliphatic rings. The first-order valence-corrected chi connectivity index (χ1v) is 6.66. The molecule has 0 bridgehead atoms. The van der Waals surface area contributed by atoms with Crippen LogP contribution in [0, 0.1) is 6.92 Å². The molecule has 2 aromatic rings. The number of carbonyl (C=O) groups excluding carboxylic acids is 1. The fourth-order valence-corrected chi connectivity index (χ4v) is 2.44. The number of nitrogens with zero attached hydrogens (tertiary/aromatic N) is 1. The van der Waals surface area contributed by atoms with Crippen LogP contribution < -0.4 is 5.32 Å². The highest BCUT2D eigenvalue weighted by Gasteiger charge is 2.17. The highest BCUT2D eigenvalue weighted by atomic mass is 35.5. The zero-order chi connectivity index (χ0) is 14.7. The Kier molecular flexibility index (Phi) is 4.65. The highest BCUT2D eigenvalue weighted by Crippen LogP contribution is 2.29. The van der Waals surface area contributed by atoms with Crippen LogP contribution in [0.5, 0.6) is 0 Å². The molecule has 20 heavy (non-hydrogen) atoms. The summed E-state index contributed by atoms with van der Waals surface area (Å²) in [5, 5.41) is 19.9. The molecular weight excluding hydrogens is 301 g/mol. The largest absolute Gasteiger partial charge is 0.386 e. The second-order valence-corrected chi connectivity index (χ2v) is 5.08. The van der Waals surface area contributed by atoms with Crippen molar-refractivity contribution in [2.75, 3.05) is 6.54 Å². The lowest BCUT2D eigenvalue weighted by Crippen LogP contribution is -2.28. The summed E-state index contributed by atoms with van der Waals surface area (Å²) >= 11 is 12.0. The number of aliphatic hydroxyl groups is 1. The van der Waals surface area contributed by atoms with Gasteiger partial charge in [-0.2, -0.15) is 5.10 Å². The number of benzene rings is 1.